The molecule has 0 heterocycles. The molecule has 1 unspecified atom stereocenters. The van der Waals surface area contributed by atoms with Gasteiger partial charge in [-0.15, -0.1) is 5.11 Å². The molecule has 0 aliphatic heterocycles. The summed E-state index contributed by atoms with van der Waals surface area (Å²) in [4.78, 5) is 0. The van der Waals surface area contributed by atoms with Crippen molar-refractivity contribution in [2.45, 2.75) is 12.1 Å². The first kappa shape index (κ1) is 11.2. The molecule has 1 N–H and O–H groups in total. The Kier molecular flexibility index (Phi) is 3.12. The van der Waals surface area contributed by atoms with Crippen molar-refractivity contribution < 1.29 is 5.11 Å². The summed E-state index contributed by atoms with van der Waals surface area (Å²) in [5.41, 5.74) is -0.120. The predicted octanol–water partition coefficient (Wildman–Crippen LogP) is 2.87. The smallest absolute Gasteiger partial charge is 0.199 e. The molecule has 0 bridgehead atoms. The monoisotopic (exact) mass is 225 g/mol. The standard InChI is InChI=1S/C13H11N3O/c14-10-11-6-8-13(17,9-7-11)16-15-12-4-2-1-3-5-12/h1-8,17H,9H2. The second kappa shape index (κ2) is 4.73. The van der Waals surface area contributed by atoms with E-state index in [4.69, 9.17) is 5.26 Å². The Morgan fingerprint density at radius 1 is 1.29 bits per heavy atom. The highest BCUT2D eigenvalue weighted by Crippen LogP contribution is 2.24. The van der Waals surface area contributed by atoms with Crippen LogP contribution in [0, 0.1) is 11.3 Å². The van der Waals surface area contributed by atoms with Crippen molar-refractivity contribution in [2.24, 2.45) is 10.2 Å². The molecule has 0 radical (unpaired) electrons. The van der Waals surface area contributed by atoms with E-state index in [1.54, 1.807) is 24.3 Å². The minimum absolute atomic E-state index is 0.267. The van der Waals surface area contributed by atoms with Crippen molar-refractivity contribution >= 4 is 5.69 Å². The molecular weight excluding hydrogens is 214 g/mol. The Balaban J connectivity index is 2.11. The molecule has 1 aliphatic rings. The van der Waals surface area contributed by atoms with Gasteiger partial charge < -0.3 is 5.11 Å². The first-order chi connectivity index (χ1) is 8.22. The topological polar surface area (TPSA) is 68.7 Å². The maximum Gasteiger partial charge on any atom is 0.199 e. The third kappa shape index (κ3) is 2.86. The van der Waals surface area contributed by atoms with Crippen LogP contribution in [0.1, 0.15) is 6.42 Å². The van der Waals surface area contributed by atoms with E-state index in [1.807, 2.05) is 24.3 Å². The van der Waals surface area contributed by atoms with Gasteiger partial charge in [0.1, 0.15) is 0 Å². The molecular formula is C13H11N3O. The van der Waals surface area contributed by atoms with E-state index in [0.29, 0.717) is 11.3 Å². The molecule has 4 heteroatoms. The number of aliphatic hydroxyl groups is 1. The van der Waals surface area contributed by atoms with Gasteiger partial charge in [0.15, 0.2) is 5.72 Å². The minimum Gasteiger partial charge on any atom is -0.364 e. The molecule has 2 rings (SSSR count). The number of nitriles is 1. The first-order valence-corrected chi connectivity index (χ1v) is 5.22. The van der Waals surface area contributed by atoms with E-state index < -0.39 is 5.72 Å². The lowest BCUT2D eigenvalue weighted by atomic mass is 10.0. The normalized spacial score (nSPS) is 23.4. The van der Waals surface area contributed by atoms with Crippen LogP contribution in [0.2, 0.25) is 0 Å². The molecule has 0 spiro atoms. The Hall–Kier alpha value is -2.25. The lowest BCUT2D eigenvalue weighted by molar-refractivity contribution is 0.0953. The lowest BCUT2D eigenvalue weighted by Gasteiger charge is -2.18. The van der Waals surface area contributed by atoms with Gasteiger partial charge in [-0.3, -0.25) is 0 Å². The SMILES string of the molecule is N#CC1=CCC(O)(N=Nc2ccccc2)C=C1. The molecule has 0 saturated heterocycles. The fourth-order valence-corrected chi connectivity index (χ4v) is 1.42. The largest absolute Gasteiger partial charge is 0.364 e. The molecule has 1 aromatic rings. The number of benzene rings is 1. The first-order valence-electron chi connectivity index (χ1n) is 5.22. The summed E-state index contributed by atoms with van der Waals surface area (Å²) in [7, 11) is 0. The second-order valence-corrected chi connectivity index (χ2v) is 3.72. The van der Waals surface area contributed by atoms with Crippen molar-refractivity contribution in [1.29, 1.82) is 5.26 Å². The number of allylic oxidation sites excluding steroid dienone is 2. The number of hydrogen-bond donors (Lipinski definition) is 1. The van der Waals surface area contributed by atoms with Crippen molar-refractivity contribution in [3.63, 3.8) is 0 Å². The van der Waals surface area contributed by atoms with E-state index in [-0.39, 0.29) is 6.42 Å². The van der Waals surface area contributed by atoms with Crippen LogP contribution >= 0.6 is 0 Å². The molecule has 0 saturated carbocycles. The van der Waals surface area contributed by atoms with Gasteiger partial charge in [0.05, 0.1) is 11.8 Å². The number of azo groups is 1. The van der Waals surface area contributed by atoms with Gasteiger partial charge in [0.2, 0.25) is 0 Å². The van der Waals surface area contributed by atoms with Gasteiger partial charge in [-0.05, 0) is 24.3 Å². The van der Waals surface area contributed by atoms with E-state index in [9.17, 15) is 5.11 Å². The third-order valence-corrected chi connectivity index (χ3v) is 2.38. The van der Waals surface area contributed by atoms with Gasteiger partial charge in [-0.25, -0.2) is 0 Å². The van der Waals surface area contributed by atoms with Crippen LogP contribution in [0.25, 0.3) is 0 Å². The van der Waals surface area contributed by atoms with Crippen molar-refractivity contribution in [1.82, 2.24) is 0 Å². The van der Waals surface area contributed by atoms with Gasteiger partial charge in [0, 0.05) is 12.0 Å². The molecule has 1 aromatic carbocycles. The highest BCUT2D eigenvalue weighted by Gasteiger charge is 2.24. The van der Waals surface area contributed by atoms with Crippen molar-refractivity contribution in [3.8, 4) is 6.07 Å². The molecule has 17 heavy (non-hydrogen) atoms. The molecule has 0 amide bonds. The Morgan fingerprint density at radius 2 is 2.06 bits per heavy atom. The van der Waals surface area contributed by atoms with E-state index in [2.05, 4.69) is 10.2 Å². The Morgan fingerprint density at radius 3 is 2.65 bits per heavy atom. The van der Waals surface area contributed by atoms with Crippen molar-refractivity contribution in [3.05, 3.63) is 54.1 Å². The number of hydrogen-bond acceptors (Lipinski definition) is 4. The van der Waals surface area contributed by atoms with Gasteiger partial charge in [0.25, 0.3) is 0 Å². The van der Waals surface area contributed by atoms with E-state index >= 15 is 0 Å². The Labute approximate surface area is 99.2 Å². The number of rotatable bonds is 2. The summed E-state index contributed by atoms with van der Waals surface area (Å²) >= 11 is 0. The predicted molar refractivity (Wildman–Crippen MR) is 63.4 cm³/mol. The van der Waals surface area contributed by atoms with Gasteiger partial charge >= 0.3 is 0 Å². The van der Waals surface area contributed by atoms with Gasteiger partial charge in [-0.1, -0.05) is 24.3 Å². The summed E-state index contributed by atoms with van der Waals surface area (Å²) in [5, 5.41) is 26.6. The van der Waals surface area contributed by atoms with Crippen LogP contribution in [-0.2, 0) is 0 Å². The highest BCUT2D eigenvalue weighted by molar-refractivity contribution is 5.38. The average Bonchev–Trinajstić information content (AvgIpc) is 2.39. The van der Waals surface area contributed by atoms with Crippen LogP contribution in [0.15, 0.2) is 64.4 Å². The van der Waals surface area contributed by atoms with Crippen LogP contribution in [-0.4, -0.2) is 10.8 Å². The average molecular weight is 225 g/mol. The van der Waals surface area contributed by atoms with Crippen molar-refractivity contribution in [2.75, 3.05) is 0 Å². The van der Waals surface area contributed by atoms with Gasteiger partial charge in [-0.2, -0.15) is 10.4 Å². The van der Waals surface area contributed by atoms with E-state index in [0.717, 1.165) is 0 Å². The summed E-state index contributed by atoms with van der Waals surface area (Å²) in [6.45, 7) is 0. The zero-order valence-corrected chi connectivity index (χ0v) is 9.11. The summed E-state index contributed by atoms with van der Waals surface area (Å²) in [6, 6.07) is 11.2. The second-order valence-electron chi connectivity index (χ2n) is 3.72. The summed E-state index contributed by atoms with van der Waals surface area (Å²) in [5.74, 6) is 0. The van der Waals surface area contributed by atoms with Crippen LogP contribution < -0.4 is 0 Å². The fourth-order valence-electron chi connectivity index (χ4n) is 1.42. The molecule has 0 aromatic heterocycles. The zero-order chi connectivity index (χ0) is 12.1. The third-order valence-electron chi connectivity index (χ3n) is 2.38. The minimum atomic E-state index is -1.34. The molecule has 1 atom stereocenters. The maximum absolute atomic E-state index is 10.0. The molecule has 4 nitrogen and oxygen atoms in total. The zero-order valence-electron chi connectivity index (χ0n) is 9.11. The number of nitrogens with zero attached hydrogens (tertiary/aromatic N) is 3. The van der Waals surface area contributed by atoms with Crippen LogP contribution in [0.3, 0.4) is 0 Å². The van der Waals surface area contributed by atoms with Crippen LogP contribution in [0.5, 0.6) is 0 Å². The Bertz CT molecular complexity index is 525. The lowest BCUT2D eigenvalue weighted by Crippen LogP contribution is -2.23. The molecule has 1 aliphatic carbocycles. The molecule has 84 valence electrons. The quantitative estimate of drug-likeness (QED) is 0.786. The fraction of sp³-hybridized carbons (Fsp3) is 0.154. The van der Waals surface area contributed by atoms with Crippen LogP contribution in [0.4, 0.5) is 5.69 Å². The maximum atomic E-state index is 10.0. The molecule has 0 fully saturated rings. The van der Waals surface area contributed by atoms with E-state index in [1.165, 1.54) is 6.08 Å². The summed E-state index contributed by atoms with van der Waals surface area (Å²) < 4.78 is 0. The highest BCUT2D eigenvalue weighted by atomic mass is 16.3. The summed E-state index contributed by atoms with van der Waals surface area (Å²) in [6.07, 6.45) is 4.94.